The highest BCUT2D eigenvalue weighted by atomic mass is 19.4. The van der Waals surface area contributed by atoms with Gasteiger partial charge in [0, 0.05) is 24.0 Å². The van der Waals surface area contributed by atoms with Gasteiger partial charge in [-0.15, -0.1) is 0 Å². The van der Waals surface area contributed by atoms with Crippen molar-refractivity contribution < 1.29 is 27.5 Å². The molecule has 0 atom stereocenters. The lowest BCUT2D eigenvalue weighted by molar-refractivity contribution is -0.137. The summed E-state index contributed by atoms with van der Waals surface area (Å²) in [6, 6.07) is 8.22. The Morgan fingerprint density at radius 2 is 1.75 bits per heavy atom. The maximum atomic E-state index is 13.0. The van der Waals surface area contributed by atoms with Gasteiger partial charge in [0.1, 0.15) is 11.3 Å². The molecule has 190 valence electrons. The summed E-state index contributed by atoms with van der Waals surface area (Å²) in [6.07, 6.45) is -4.48. The number of fused-ring (bicyclic) bond motifs is 2. The van der Waals surface area contributed by atoms with Crippen molar-refractivity contribution in [2.24, 2.45) is 0 Å². The summed E-state index contributed by atoms with van der Waals surface area (Å²) in [5.41, 5.74) is 0.619. The summed E-state index contributed by atoms with van der Waals surface area (Å²) < 4.78 is 44.3. The summed E-state index contributed by atoms with van der Waals surface area (Å²) in [6.45, 7) is 5.98. The predicted octanol–water partition coefficient (Wildman–Crippen LogP) is 4.77. The van der Waals surface area contributed by atoms with Crippen LogP contribution < -0.4 is 10.6 Å². The van der Waals surface area contributed by atoms with Gasteiger partial charge in [0.15, 0.2) is 5.82 Å². The van der Waals surface area contributed by atoms with Gasteiger partial charge in [-0.1, -0.05) is 0 Å². The van der Waals surface area contributed by atoms with E-state index in [2.05, 4.69) is 30.8 Å². The van der Waals surface area contributed by atoms with Crippen LogP contribution in [-0.4, -0.2) is 50.9 Å². The van der Waals surface area contributed by atoms with Crippen molar-refractivity contribution in [1.82, 2.24) is 30.8 Å². The van der Waals surface area contributed by atoms with Gasteiger partial charge in [0.2, 0.25) is 0 Å². The quantitative estimate of drug-likeness (QED) is 0.283. The Bertz CT molecular complexity index is 1420. The first-order valence-electron chi connectivity index (χ1n) is 11.2. The van der Waals surface area contributed by atoms with Crippen molar-refractivity contribution in [3.8, 4) is 11.5 Å². The van der Waals surface area contributed by atoms with E-state index in [-0.39, 0.29) is 17.2 Å². The van der Waals surface area contributed by atoms with E-state index in [9.17, 15) is 22.8 Å². The Balaban J connectivity index is 1.44. The van der Waals surface area contributed by atoms with Gasteiger partial charge in [0.25, 0.3) is 5.91 Å². The first-order valence-corrected chi connectivity index (χ1v) is 11.2. The number of rotatable bonds is 6. The molecule has 2 amide bonds. The third-order valence-corrected chi connectivity index (χ3v) is 5.17. The minimum Gasteiger partial charge on any atom is -0.444 e. The van der Waals surface area contributed by atoms with Crippen LogP contribution in [0.3, 0.4) is 0 Å². The van der Waals surface area contributed by atoms with E-state index in [1.807, 2.05) is 0 Å². The van der Waals surface area contributed by atoms with Gasteiger partial charge < -0.3 is 20.4 Å². The average molecular weight is 502 g/mol. The zero-order valence-corrected chi connectivity index (χ0v) is 19.8. The number of halogens is 3. The summed E-state index contributed by atoms with van der Waals surface area (Å²) in [7, 11) is 0. The number of hydrogen-bond donors (Lipinski definition) is 4. The maximum absolute atomic E-state index is 13.0. The fourth-order valence-corrected chi connectivity index (χ4v) is 3.53. The SMILES string of the molecule is CC(C)(C)OC(=O)NCCCNC(=O)c1ccc2[nH]nc(-c3nc4ccc(C(F)(F)F)cc4[nH]3)c2c1. The predicted molar refractivity (Wildman–Crippen MR) is 127 cm³/mol. The van der Waals surface area contributed by atoms with Gasteiger partial charge in [-0.05, 0) is 63.6 Å². The molecular formula is C24H25F3N6O3. The zero-order chi connectivity index (χ0) is 26.1. The van der Waals surface area contributed by atoms with Crippen LogP contribution in [-0.2, 0) is 10.9 Å². The smallest absolute Gasteiger partial charge is 0.416 e. The molecule has 2 aromatic carbocycles. The fourth-order valence-electron chi connectivity index (χ4n) is 3.53. The highest BCUT2D eigenvalue weighted by Gasteiger charge is 2.31. The lowest BCUT2D eigenvalue weighted by Gasteiger charge is -2.19. The van der Waals surface area contributed by atoms with E-state index in [1.54, 1.807) is 39.0 Å². The van der Waals surface area contributed by atoms with E-state index < -0.39 is 23.4 Å². The Labute approximate surface area is 203 Å². The monoisotopic (exact) mass is 502 g/mol. The summed E-state index contributed by atoms with van der Waals surface area (Å²) >= 11 is 0. The van der Waals surface area contributed by atoms with E-state index in [1.165, 1.54) is 6.07 Å². The largest absolute Gasteiger partial charge is 0.444 e. The van der Waals surface area contributed by atoms with Crippen LogP contribution in [0.15, 0.2) is 36.4 Å². The number of benzene rings is 2. The first-order chi connectivity index (χ1) is 16.9. The van der Waals surface area contributed by atoms with Gasteiger partial charge in [-0.25, -0.2) is 9.78 Å². The van der Waals surface area contributed by atoms with Crippen LogP contribution in [0, 0.1) is 0 Å². The number of carbonyl (C=O) groups excluding carboxylic acids is 2. The second-order valence-electron chi connectivity index (χ2n) is 9.19. The van der Waals surface area contributed by atoms with Crippen molar-refractivity contribution >= 4 is 33.9 Å². The molecule has 4 aromatic rings. The molecule has 4 N–H and O–H groups in total. The minimum atomic E-state index is -4.47. The number of alkyl carbamates (subject to hydrolysis) is 1. The minimum absolute atomic E-state index is 0.227. The highest BCUT2D eigenvalue weighted by Crippen LogP contribution is 2.32. The van der Waals surface area contributed by atoms with E-state index in [0.29, 0.717) is 47.2 Å². The Kier molecular flexibility index (Phi) is 6.61. The molecule has 0 saturated carbocycles. The number of aromatic amines is 2. The fraction of sp³-hybridized carbons (Fsp3) is 0.333. The number of alkyl halides is 3. The molecule has 0 fully saturated rings. The molecule has 0 aliphatic carbocycles. The molecule has 12 heteroatoms. The summed E-state index contributed by atoms with van der Waals surface area (Å²) in [5, 5.41) is 13.1. The van der Waals surface area contributed by atoms with Gasteiger partial charge in [-0.2, -0.15) is 18.3 Å². The lowest BCUT2D eigenvalue weighted by atomic mass is 10.1. The van der Waals surface area contributed by atoms with Crippen LogP contribution in [0.4, 0.5) is 18.0 Å². The lowest BCUT2D eigenvalue weighted by Crippen LogP contribution is -2.34. The summed E-state index contributed by atoms with van der Waals surface area (Å²) in [5.74, 6) is -0.0397. The Morgan fingerprint density at radius 1 is 1.00 bits per heavy atom. The number of H-pyrrole nitrogens is 2. The molecule has 0 aliphatic heterocycles. The van der Waals surface area contributed by atoms with E-state index in [0.717, 1.165) is 12.1 Å². The number of nitrogens with one attached hydrogen (secondary N) is 4. The molecule has 0 spiro atoms. The average Bonchev–Trinajstić information content (AvgIpc) is 3.39. The molecule has 9 nitrogen and oxygen atoms in total. The molecule has 0 saturated heterocycles. The topological polar surface area (TPSA) is 125 Å². The second kappa shape index (κ2) is 9.51. The normalized spacial score (nSPS) is 12.2. The van der Waals surface area contributed by atoms with Crippen LogP contribution in [0.1, 0.15) is 43.1 Å². The number of aromatic nitrogens is 4. The molecular weight excluding hydrogens is 477 g/mol. The third-order valence-electron chi connectivity index (χ3n) is 5.17. The van der Waals surface area contributed by atoms with Crippen LogP contribution in [0.2, 0.25) is 0 Å². The second-order valence-corrected chi connectivity index (χ2v) is 9.19. The molecule has 2 aromatic heterocycles. The van der Waals surface area contributed by atoms with Gasteiger partial charge in [-0.3, -0.25) is 9.89 Å². The molecule has 2 heterocycles. The number of imidazole rings is 1. The van der Waals surface area contributed by atoms with Crippen molar-refractivity contribution in [1.29, 1.82) is 0 Å². The van der Waals surface area contributed by atoms with Crippen LogP contribution in [0.5, 0.6) is 0 Å². The summed E-state index contributed by atoms with van der Waals surface area (Å²) in [4.78, 5) is 31.5. The third kappa shape index (κ3) is 5.75. The molecule has 0 bridgehead atoms. The zero-order valence-electron chi connectivity index (χ0n) is 19.8. The molecule has 4 rings (SSSR count). The number of carbonyl (C=O) groups is 2. The van der Waals surface area contributed by atoms with Crippen molar-refractivity contribution in [2.45, 2.75) is 39.0 Å². The standard InChI is InChI=1S/C24H25F3N6O3/c1-23(2,3)36-22(35)29-10-4-9-28-21(34)13-5-7-16-15(11-13)19(33-32-16)20-30-17-8-6-14(24(25,26)27)12-18(17)31-20/h5-8,11-12H,4,9-10H2,1-3H3,(H,28,34)(H,29,35)(H,30,31)(H,32,33). The van der Waals surface area contributed by atoms with Crippen molar-refractivity contribution in [2.75, 3.05) is 13.1 Å². The Morgan fingerprint density at radius 3 is 2.47 bits per heavy atom. The molecule has 0 unspecified atom stereocenters. The molecule has 36 heavy (non-hydrogen) atoms. The van der Waals surface area contributed by atoms with E-state index in [4.69, 9.17) is 4.74 Å². The van der Waals surface area contributed by atoms with Gasteiger partial charge >= 0.3 is 12.3 Å². The number of hydrogen-bond acceptors (Lipinski definition) is 5. The maximum Gasteiger partial charge on any atom is 0.416 e. The molecule has 0 radical (unpaired) electrons. The molecule has 0 aliphatic rings. The number of ether oxygens (including phenoxy) is 1. The first kappa shape index (κ1) is 25.0. The number of nitrogens with zero attached hydrogens (tertiary/aromatic N) is 2. The number of amides is 2. The van der Waals surface area contributed by atoms with E-state index >= 15 is 0 Å². The van der Waals surface area contributed by atoms with Crippen LogP contribution >= 0.6 is 0 Å². The highest BCUT2D eigenvalue weighted by molar-refractivity contribution is 6.01. The van der Waals surface area contributed by atoms with Gasteiger partial charge in [0.05, 0.1) is 22.1 Å². The van der Waals surface area contributed by atoms with Crippen molar-refractivity contribution in [3.63, 3.8) is 0 Å². The van der Waals surface area contributed by atoms with Crippen molar-refractivity contribution in [3.05, 3.63) is 47.5 Å². The van der Waals surface area contributed by atoms with Crippen LogP contribution in [0.25, 0.3) is 33.5 Å². The Hall–Kier alpha value is -4.09.